The van der Waals surface area contributed by atoms with Crippen molar-refractivity contribution in [3.63, 3.8) is 0 Å². The van der Waals surface area contributed by atoms with Gasteiger partial charge in [0.25, 0.3) is 0 Å². The van der Waals surface area contributed by atoms with E-state index in [4.69, 9.17) is 0 Å². The summed E-state index contributed by atoms with van der Waals surface area (Å²) in [5.41, 5.74) is 1.18. The Bertz CT molecular complexity index is 393. The Morgan fingerprint density at radius 3 is 2.93 bits per heavy atom. The third kappa shape index (κ3) is 1.87. The fourth-order valence-corrected chi connectivity index (χ4v) is 2.49. The monoisotopic (exact) mass is 275 g/mol. The molecular formula is C11H12BrF2N. The fraction of sp³-hybridized carbons (Fsp3) is 0.455. The first-order chi connectivity index (χ1) is 7.13. The zero-order valence-corrected chi connectivity index (χ0v) is 10.00. The number of halogens is 3. The first-order valence-corrected chi connectivity index (χ1v) is 5.85. The number of anilines is 1. The van der Waals surface area contributed by atoms with Crippen LogP contribution < -0.4 is 5.32 Å². The van der Waals surface area contributed by atoms with Crippen molar-refractivity contribution in [3.8, 4) is 0 Å². The number of nitrogens with one attached hydrogen (secondary N) is 1. The molecule has 1 aliphatic heterocycles. The third-order valence-corrected chi connectivity index (χ3v) is 3.48. The molecular weight excluding hydrogens is 264 g/mol. The van der Waals surface area contributed by atoms with Gasteiger partial charge in [-0.2, -0.15) is 0 Å². The molecule has 0 spiro atoms. The summed E-state index contributed by atoms with van der Waals surface area (Å²) in [6.45, 7) is 2.08. The van der Waals surface area contributed by atoms with Crippen LogP contribution in [-0.2, 0) is 6.42 Å². The van der Waals surface area contributed by atoms with Crippen LogP contribution in [0, 0.1) is 11.6 Å². The van der Waals surface area contributed by atoms with E-state index in [0.717, 1.165) is 12.8 Å². The Morgan fingerprint density at radius 2 is 2.27 bits per heavy atom. The molecule has 4 heteroatoms. The summed E-state index contributed by atoms with van der Waals surface area (Å²) < 4.78 is 27.2. The van der Waals surface area contributed by atoms with E-state index in [0.29, 0.717) is 28.2 Å². The standard InChI is InChI=1S/C11H12BrF2N/c1-2-6-3-4-7-10(14)9(13)5-8(12)11(7)15-6/h5-6,15H,2-4H2,1H3. The van der Waals surface area contributed by atoms with Gasteiger partial charge in [-0.05, 0) is 41.3 Å². The molecule has 0 saturated heterocycles. The van der Waals surface area contributed by atoms with Crippen molar-refractivity contribution < 1.29 is 8.78 Å². The number of hydrogen-bond donors (Lipinski definition) is 1. The Hall–Kier alpha value is -0.640. The van der Waals surface area contributed by atoms with Crippen LogP contribution in [0.4, 0.5) is 14.5 Å². The van der Waals surface area contributed by atoms with Gasteiger partial charge in [-0.1, -0.05) is 6.92 Å². The molecule has 0 amide bonds. The van der Waals surface area contributed by atoms with Gasteiger partial charge in [-0.25, -0.2) is 8.78 Å². The minimum Gasteiger partial charge on any atom is -0.381 e. The Kier molecular flexibility index (Phi) is 2.96. The van der Waals surface area contributed by atoms with Gasteiger partial charge in [0, 0.05) is 16.1 Å². The van der Waals surface area contributed by atoms with Gasteiger partial charge in [-0.15, -0.1) is 0 Å². The van der Waals surface area contributed by atoms with Crippen molar-refractivity contribution >= 4 is 21.6 Å². The van der Waals surface area contributed by atoms with E-state index in [2.05, 4.69) is 28.2 Å². The second kappa shape index (κ2) is 4.08. The molecule has 1 nitrogen and oxygen atoms in total. The number of benzene rings is 1. The normalized spacial score (nSPS) is 19.6. The lowest BCUT2D eigenvalue weighted by Crippen LogP contribution is -2.25. The van der Waals surface area contributed by atoms with E-state index in [-0.39, 0.29) is 0 Å². The first-order valence-electron chi connectivity index (χ1n) is 5.06. The lowest BCUT2D eigenvalue weighted by molar-refractivity contribution is 0.488. The van der Waals surface area contributed by atoms with Crippen LogP contribution in [0.15, 0.2) is 10.5 Å². The summed E-state index contributed by atoms with van der Waals surface area (Å²) >= 11 is 3.25. The number of rotatable bonds is 1. The lowest BCUT2D eigenvalue weighted by Gasteiger charge is -2.27. The van der Waals surface area contributed by atoms with E-state index in [1.807, 2.05) is 0 Å². The molecule has 1 heterocycles. The maximum atomic E-state index is 13.5. The van der Waals surface area contributed by atoms with Crippen molar-refractivity contribution in [2.45, 2.75) is 32.2 Å². The minimum atomic E-state index is -0.780. The second-order valence-electron chi connectivity index (χ2n) is 3.80. The summed E-state index contributed by atoms with van der Waals surface area (Å²) in [4.78, 5) is 0. The van der Waals surface area contributed by atoms with Crippen molar-refractivity contribution in [1.82, 2.24) is 0 Å². The van der Waals surface area contributed by atoms with Gasteiger partial charge in [0.15, 0.2) is 11.6 Å². The molecule has 1 atom stereocenters. The van der Waals surface area contributed by atoms with Crippen molar-refractivity contribution in [1.29, 1.82) is 0 Å². The molecule has 0 saturated carbocycles. The zero-order valence-electron chi connectivity index (χ0n) is 8.41. The summed E-state index contributed by atoms with van der Waals surface area (Å²) in [5, 5.41) is 3.23. The Morgan fingerprint density at radius 1 is 1.53 bits per heavy atom. The Balaban J connectivity index is 2.47. The smallest absolute Gasteiger partial charge is 0.164 e. The molecule has 1 unspecified atom stereocenters. The maximum absolute atomic E-state index is 13.5. The van der Waals surface area contributed by atoms with E-state index in [1.165, 1.54) is 6.07 Å². The number of fused-ring (bicyclic) bond motifs is 1. The van der Waals surface area contributed by atoms with Gasteiger partial charge in [0.05, 0.1) is 5.69 Å². The molecule has 1 aromatic carbocycles. The van der Waals surface area contributed by atoms with Gasteiger partial charge in [0.2, 0.25) is 0 Å². The molecule has 1 N–H and O–H groups in total. The highest BCUT2D eigenvalue weighted by atomic mass is 79.9. The lowest BCUT2D eigenvalue weighted by atomic mass is 9.96. The third-order valence-electron chi connectivity index (χ3n) is 2.85. The molecule has 1 aliphatic rings. The van der Waals surface area contributed by atoms with Crippen LogP contribution in [0.2, 0.25) is 0 Å². The first kappa shape index (κ1) is 10.9. The van der Waals surface area contributed by atoms with Crippen LogP contribution in [0.25, 0.3) is 0 Å². The predicted molar refractivity (Wildman–Crippen MR) is 60.1 cm³/mol. The van der Waals surface area contributed by atoms with E-state index >= 15 is 0 Å². The van der Waals surface area contributed by atoms with Gasteiger partial charge in [-0.3, -0.25) is 0 Å². The average molecular weight is 276 g/mol. The van der Waals surface area contributed by atoms with Crippen molar-refractivity contribution in [2.75, 3.05) is 5.32 Å². The minimum absolute atomic E-state index is 0.360. The molecule has 15 heavy (non-hydrogen) atoms. The predicted octanol–water partition coefficient (Wildman–Crippen LogP) is 3.86. The van der Waals surface area contributed by atoms with Gasteiger partial charge < -0.3 is 5.32 Å². The topological polar surface area (TPSA) is 12.0 Å². The summed E-state index contributed by atoms with van der Waals surface area (Å²) in [6.07, 6.45) is 2.45. The summed E-state index contributed by atoms with van der Waals surface area (Å²) in [5.74, 6) is -1.49. The molecule has 82 valence electrons. The molecule has 2 rings (SSSR count). The fourth-order valence-electron chi connectivity index (χ4n) is 1.94. The molecule has 0 bridgehead atoms. The largest absolute Gasteiger partial charge is 0.381 e. The summed E-state index contributed by atoms with van der Waals surface area (Å²) in [6, 6.07) is 1.54. The molecule has 0 aromatic heterocycles. The quantitative estimate of drug-likeness (QED) is 0.768. The van der Waals surface area contributed by atoms with Crippen LogP contribution >= 0.6 is 15.9 Å². The maximum Gasteiger partial charge on any atom is 0.164 e. The molecule has 1 aromatic rings. The van der Waals surface area contributed by atoms with E-state index < -0.39 is 11.6 Å². The highest BCUT2D eigenvalue weighted by Crippen LogP contribution is 2.35. The van der Waals surface area contributed by atoms with Gasteiger partial charge in [0.1, 0.15) is 0 Å². The SMILES string of the molecule is CCC1CCc2c(F)c(F)cc(Br)c2N1. The van der Waals surface area contributed by atoms with Crippen molar-refractivity contribution in [2.24, 2.45) is 0 Å². The number of hydrogen-bond acceptors (Lipinski definition) is 1. The highest BCUT2D eigenvalue weighted by molar-refractivity contribution is 9.10. The van der Waals surface area contributed by atoms with Crippen LogP contribution in [0.5, 0.6) is 0 Å². The molecule has 0 aliphatic carbocycles. The zero-order chi connectivity index (χ0) is 11.0. The average Bonchev–Trinajstić information content (AvgIpc) is 2.25. The van der Waals surface area contributed by atoms with Crippen LogP contribution in [0.3, 0.4) is 0 Å². The molecule has 0 fully saturated rings. The second-order valence-corrected chi connectivity index (χ2v) is 4.65. The Labute approximate surface area is 96.0 Å². The van der Waals surface area contributed by atoms with Crippen LogP contribution in [-0.4, -0.2) is 6.04 Å². The highest BCUT2D eigenvalue weighted by Gasteiger charge is 2.23. The van der Waals surface area contributed by atoms with E-state index in [9.17, 15) is 8.78 Å². The van der Waals surface area contributed by atoms with Gasteiger partial charge >= 0.3 is 0 Å². The van der Waals surface area contributed by atoms with Crippen LogP contribution in [0.1, 0.15) is 25.3 Å². The van der Waals surface area contributed by atoms with E-state index in [1.54, 1.807) is 0 Å². The van der Waals surface area contributed by atoms with Crippen molar-refractivity contribution in [3.05, 3.63) is 27.7 Å². The summed E-state index contributed by atoms with van der Waals surface area (Å²) in [7, 11) is 0. The molecule has 0 radical (unpaired) electrons.